The van der Waals surface area contributed by atoms with E-state index in [0.717, 1.165) is 19.3 Å². The zero-order valence-corrected chi connectivity index (χ0v) is 10.9. The molecule has 2 nitrogen and oxygen atoms in total. The summed E-state index contributed by atoms with van der Waals surface area (Å²) < 4.78 is 5.48. The highest BCUT2D eigenvalue weighted by molar-refractivity contribution is 5.39. The molecule has 0 saturated heterocycles. The summed E-state index contributed by atoms with van der Waals surface area (Å²) in [5.41, 5.74) is 9.25. The largest absolute Gasteiger partial charge is 0.380 e. The predicted octanol–water partition coefficient (Wildman–Crippen LogP) is 2.86. The number of fused-ring (bicyclic) bond motifs is 1. The van der Waals surface area contributed by atoms with E-state index in [1.165, 1.54) is 17.5 Å². The molecule has 1 aliphatic carbocycles. The normalized spacial score (nSPS) is 21.5. The van der Waals surface area contributed by atoms with Crippen LogP contribution in [0.2, 0.25) is 0 Å². The Morgan fingerprint density at radius 2 is 2.18 bits per heavy atom. The predicted molar refractivity (Wildman–Crippen MR) is 71.2 cm³/mol. The molecule has 0 amide bonds. The van der Waals surface area contributed by atoms with E-state index >= 15 is 0 Å². The summed E-state index contributed by atoms with van der Waals surface area (Å²) in [4.78, 5) is 0. The number of ether oxygens (including phenoxy) is 1. The van der Waals surface area contributed by atoms with E-state index in [1.54, 1.807) is 7.11 Å². The molecule has 0 spiro atoms. The van der Waals surface area contributed by atoms with Crippen molar-refractivity contribution in [1.82, 2.24) is 0 Å². The molecule has 0 radical (unpaired) electrons. The van der Waals surface area contributed by atoms with Gasteiger partial charge in [-0.05, 0) is 36.3 Å². The van der Waals surface area contributed by atoms with Gasteiger partial charge in [0.25, 0.3) is 0 Å². The highest BCUT2D eigenvalue weighted by Gasteiger charge is 2.29. The summed E-state index contributed by atoms with van der Waals surface area (Å²) in [5, 5.41) is 0. The smallest absolute Gasteiger partial charge is 0.0722 e. The Balaban J connectivity index is 1.91. The molecule has 94 valence electrons. The van der Waals surface area contributed by atoms with E-state index in [-0.39, 0.29) is 12.1 Å². The lowest BCUT2D eigenvalue weighted by Gasteiger charge is -2.34. The van der Waals surface area contributed by atoms with Gasteiger partial charge in [-0.3, -0.25) is 0 Å². The van der Waals surface area contributed by atoms with E-state index in [2.05, 4.69) is 31.2 Å². The van der Waals surface area contributed by atoms with Crippen molar-refractivity contribution in [2.24, 2.45) is 5.73 Å². The van der Waals surface area contributed by atoms with Gasteiger partial charge in [-0.25, -0.2) is 0 Å². The molecule has 2 rings (SSSR count). The Morgan fingerprint density at radius 1 is 1.41 bits per heavy atom. The van der Waals surface area contributed by atoms with Crippen LogP contribution in [0.25, 0.3) is 0 Å². The number of hydrogen-bond donors (Lipinski definition) is 1. The first kappa shape index (κ1) is 12.6. The summed E-state index contributed by atoms with van der Waals surface area (Å²) in [6, 6.07) is 8.86. The molecule has 1 aromatic rings. The first-order valence-electron chi connectivity index (χ1n) is 6.62. The molecule has 2 N–H and O–H groups in total. The van der Waals surface area contributed by atoms with Gasteiger partial charge in [0.2, 0.25) is 0 Å². The van der Waals surface area contributed by atoms with Crippen LogP contribution in [-0.2, 0) is 11.2 Å². The van der Waals surface area contributed by atoms with Crippen LogP contribution in [0.3, 0.4) is 0 Å². The van der Waals surface area contributed by atoms with Crippen LogP contribution in [0.1, 0.15) is 43.2 Å². The third kappa shape index (κ3) is 2.70. The third-order valence-corrected chi connectivity index (χ3v) is 3.87. The Bertz CT molecular complexity index is 364. The number of methoxy groups -OCH3 is 1. The molecule has 1 aliphatic rings. The Hall–Kier alpha value is -0.860. The zero-order chi connectivity index (χ0) is 12.3. The Labute approximate surface area is 104 Å². The molecule has 1 aromatic carbocycles. The Morgan fingerprint density at radius 3 is 2.82 bits per heavy atom. The third-order valence-electron chi connectivity index (χ3n) is 3.87. The highest BCUT2D eigenvalue weighted by atomic mass is 16.5. The van der Waals surface area contributed by atoms with Gasteiger partial charge in [0, 0.05) is 13.2 Å². The maximum absolute atomic E-state index is 6.26. The summed E-state index contributed by atoms with van der Waals surface area (Å²) in [5.74, 6) is 0.649. The van der Waals surface area contributed by atoms with Gasteiger partial charge in [-0.1, -0.05) is 37.6 Å². The molecule has 2 heteroatoms. The van der Waals surface area contributed by atoms with E-state index < -0.39 is 0 Å². The second-order valence-electron chi connectivity index (χ2n) is 5.06. The molecule has 0 aromatic heterocycles. The summed E-state index contributed by atoms with van der Waals surface area (Å²) >= 11 is 0. The fourth-order valence-corrected chi connectivity index (χ4v) is 2.84. The van der Waals surface area contributed by atoms with Crippen molar-refractivity contribution in [2.45, 2.75) is 50.7 Å². The SMILES string of the molecule is CCCC(OC)C(N)CC1Cc2ccccc21. The number of nitrogens with two attached hydrogens (primary N) is 1. The lowest BCUT2D eigenvalue weighted by atomic mass is 9.74. The van der Waals surface area contributed by atoms with E-state index in [4.69, 9.17) is 10.5 Å². The molecule has 0 bridgehead atoms. The molecule has 0 saturated carbocycles. The topological polar surface area (TPSA) is 35.2 Å². The monoisotopic (exact) mass is 233 g/mol. The second-order valence-corrected chi connectivity index (χ2v) is 5.06. The summed E-state index contributed by atoms with van der Waals surface area (Å²) in [7, 11) is 1.77. The maximum atomic E-state index is 6.26. The van der Waals surface area contributed by atoms with Crippen LogP contribution in [0.5, 0.6) is 0 Å². The maximum Gasteiger partial charge on any atom is 0.0722 e. The number of hydrogen-bond acceptors (Lipinski definition) is 2. The van der Waals surface area contributed by atoms with E-state index in [0.29, 0.717) is 5.92 Å². The van der Waals surface area contributed by atoms with Gasteiger partial charge in [0.15, 0.2) is 0 Å². The van der Waals surface area contributed by atoms with E-state index in [9.17, 15) is 0 Å². The van der Waals surface area contributed by atoms with Crippen LogP contribution in [0.4, 0.5) is 0 Å². The van der Waals surface area contributed by atoms with Gasteiger partial charge in [0.1, 0.15) is 0 Å². The molecule has 0 fully saturated rings. The molecular formula is C15H23NO. The average Bonchev–Trinajstić information content (AvgIpc) is 2.32. The fraction of sp³-hybridized carbons (Fsp3) is 0.600. The van der Waals surface area contributed by atoms with Crippen LogP contribution in [-0.4, -0.2) is 19.3 Å². The second kappa shape index (κ2) is 5.65. The van der Waals surface area contributed by atoms with Gasteiger partial charge in [0.05, 0.1) is 6.10 Å². The van der Waals surface area contributed by atoms with Crippen molar-refractivity contribution in [2.75, 3.05) is 7.11 Å². The van der Waals surface area contributed by atoms with Crippen LogP contribution >= 0.6 is 0 Å². The minimum Gasteiger partial charge on any atom is -0.380 e. The number of benzene rings is 1. The Kier molecular flexibility index (Phi) is 4.19. The molecular weight excluding hydrogens is 210 g/mol. The van der Waals surface area contributed by atoms with Crippen molar-refractivity contribution < 1.29 is 4.74 Å². The van der Waals surface area contributed by atoms with Crippen LogP contribution in [0.15, 0.2) is 24.3 Å². The summed E-state index contributed by atoms with van der Waals surface area (Å²) in [6.07, 6.45) is 4.65. The average molecular weight is 233 g/mol. The summed E-state index contributed by atoms with van der Waals surface area (Å²) in [6.45, 7) is 2.18. The molecule has 3 unspecified atom stereocenters. The van der Waals surface area contributed by atoms with Gasteiger partial charge >= 0.3 is 0 Å². The molecule has 0 heterocycles. The molecule has 17 heavy (non-hydrogen) atoms. The lowest BCUT2D eigenvalue weighted by Crippen LogP contribution is -2.39. The van der Waals surface area contributed by atoms with Crippen LogP contribution < -0.4 is 5.73 Å². The fourth-order valence-electron chi connectivity index (χ4n) is 2.84. The van der Waals surface area contributed by atoms with Gasteiger partial charge in [-0.2, -0.15) is 0 Å². The van der Waals surface area contributed by atoms with Crippen LogP contribution in [0, 0.1) is 0 Å². The molecule has 3 atom stereocenters. The molecule has 0 aliphatic heterocycles. The van der Waals surface area contributed by atoms with Crippen molar-refractivity contribution in [1.29, 1.82) is 0 Å². The first-order valence-corrected chi connectivity index (χ1v) is 6.62. The minimum atomic E-state index is 0.165. The number of rotatable bonds is 6. The van der Waals surface area contributed by atoms with Crippen molar-refractivity contribution in [3.63, 3.8) is 0 Å². The van der Waals surface area contributed by atoms with Crippen molar-refractivity contribution >= 4 is 0 Å². The van der Waals surface area contributed by atoms with Crippen molar-refractivity contribution in [3.8, 4) is 0 Å². The quantitative estimate of drug-likeness (QED) is 0.820. The van der Waals surface area contributed by atoms with E-state index in [1.807, 2.05) is 0 Å². The van der Waals surface area contributed by atoms with Gasteiger partial charge in [-0.15, -0.1) is 0 Å². The highest BCUT2D eigenvalue weighted by Crippen LogP contribution is 2.38. The van der Waals surface area contributed by atoms with Gasteiger partial charge < -0.3 is 10.5 Å². The zero-order valence-electron chi connectivity index (χ0n) is 10.9. The van der Waals surface area contributed by atoms with Crippen molar-refractivity contribution in [3.05, 3.63) is 35.4 Å². The minimum absolute atomic E-state index is 0.165. The first-order chi connectivity index (χ1) is 8.26. The standard InChI is InChI=1S/C15H23NO/c1-3-6-15(17-2)14(16)10-12-9-11-7-4-5-8-13(11)12/h4-5,7-8,12,14-15H,3,6,9-10,16H2,1-2H3. The lowest BCUT2D eigenvalue weighted by molar-refractivity contribution is 0.0673.